The van der Waals surface area contributed by atoms with Crippen LogP contribution in [0.25, 0.3) is 0 Å². The Morgan fingerprint density at radius 1 is 1.44 bits per heavy atom. The van der Waals surface area contributed by atoms with Crippen LogP contribution in [0.2, 0.25) is 0 Å². The van der Waals surface area contributed by atoms with Crippen molar-refractivity contribution in [3.05, 3.63) is 23.7 Å². The minimum Gasteiger partial charge on any atom is -0.465 e. The number of hydrogen-bond donors (Lipinski definition) is 2. The third-order valence-electron chi connectivity index (χ3n) is 2.10. The van der Waals surface area contributed by atoms with E-state index in [9.17, 15) is 5.11 Å². The predicted molar refractivity (Wildman–Crippen MR) is 62.2 cm³/mol. The van der Waals surface area contributed by atoms with Gasteiger partial charge in [-0.3, -0.25) is 0 Å². The van der Waals surface area contributed by atoms with E-state index in [2.05, 4.69) is 5.32 Å². The topological polar surface area (TPSA) is 54.6 Å². The molecule has 0 aliphatic carbocycles. The van der Waals surface area contributed by atoms with Gasteiger partial charge in [0.05, 0.1) is 25.4 Å². The zero-order valence-electron chi connectivity index (χ0n) is 10.2. The molecule has 0 radical (unpaired) electrons. The highest BCUT2D eigenvalue weighted by Gasteiger charge is 2.05. The fraction of sp³-hybridized carbons (Fsp3) is 0.667. The molecule has 92 valence electrons. The highest BCUT2D eigenvalue weighted by molar-refractivity contribution is 5.05. The summed E-state index contributed by atoms with van der Waals surface area (Å²) in [6.45, 7) is 7.31. The molecule has 1 aromatic heterocycles. The van der Waals surface area contributed by atoms with Crippen LogP contribution < -0.4 is 5.32 Å². The van der Waals surface area contributed by atoms with E-state index in [1.54, 1.807) is 0 Å². The minimum atomic E-state index is -0.474. The first-order valence-corrected chi connectivity index (χ1v) is 5.63. The third-order valence-corrected chi connectivity index (χ3v) is 2.10. The van der Waals surface area contributed by atoms with Crippen LogP contribution in [0.5, 0.6) is 0 Å². The second-order valence-corrected chi connectivity index (χ2v) is 4.18. The van der Waals surface area contributed by atoms with Crippen LogP contribution in [0.3, 0.4) is 0 Å². The van der Waals surface area contributed by atoms with Gasteiger partial charge in [0.15, 0.2) is 0 Å². The van der Waals surface area contributed by atoms with E-state index in [0.717, 1.165) is 11.5 Å². The van der Waals surface area contributed by atoms with Gasteiger partial charge in [0, 0.05) is 6.54 Å². The first-order valence-electron chi connectivity index (χ1n) is 5.63. The number of hydrogen-bond acceptors (Lipinski definition) is 4. The van der Waals surface area contributed by atoms with Crippen molar-refractivity contribution in [2.24, 2.45) is 0 Å². The SMILES string of the molecule is Cc1ccc(CNCC(O)COC(C)C)o1. The van der Waals surface area contributed by atoms with Gasteiger partial charge in [-0.25, -0.2) is 0 Å². The van der Waals surface area contributed by atoms with Crippen LogP contribution in [0, 0.1) is 6.92 Å². The summed E-state index contributed by atoms with van der Waals surface area (Å²) in [6.07, 6.45) is -0.319. The lowest BCUT2D eigenvalue weighted by atomic mass is 10.3. The summed E-state index contributed by atoms with van der Waals surface area (Å²) in [7, 11) is 0. The lowest BCUT2D eigenvalue weighted by molar-refractivity contribution is 0.00616. The average Bonchev–Trinajstić information content (AvgIpc) is 2.61. The lowest BCUT2D eigenvalue weighted by Gasteiger charge is -2.13. The molecule has 0 amide bonds. The quantitative estimate of drug-likeness (QED) is 0.740. The summed E-state index contributed by atoms with van der Waals surface area (Å²) in [5.41, 5.74) is 0. The van der Waals surface area contributed by atoms with E-state index in [4.69, 9.17) is 9.15 Å². The van der Waals surface area contributed by atoms with E-state index in [-0.39, 0.29) is 6.10 Å². The number of rotatable bonds is 7. The second kappa shape index (κ2) is 6.68. The maximum atomic E-state index is 9.56. The Morgan fingerprint density at radius 2 is 2.19 bits per heavy atom. The smallest absolute Gasteiger partial charge is 0.117 e. The van der Waals surface area contributed by atoms with Crippen molar-refractivity contribution in [3.63, 3.8) is 0 Å². The van der Waals surface area contributed by atoms with Gasteiger partial charge in [0.25, 0.3) is 0 Å². The van der Waals surface area contributed by atoms with Crippen LogP contribution in [-0.2, 0) is 11.3 Å². The second-order valence-electron chi connectivity index (χ2n) is 4.18. The molecule has 0 saturated carbocycles. The van der Waals surface area contributed by atoms with E-state index >= 15 is 0 Å². The van der Waals surface area contributed by atoms with Crippen LogP contribution in [0.4, 0.5) is 0 Å². The Hall–Kier alpha value is -0.840. The molecule has 0 spiro atoms. The number of nitrogens with one attached hydrogen (secondary N) is 1. The summed E-state index contributed by atoms with van der Waals surface area (Å²) in [4.78, 5) is 0. The Labute approximate surface area is 96.6 Å². The molecule has 1 unspecified atom stereocenters. The van der Waals surface area contributed by atoms with Gasteiger partial charge in [0.1, 0.15) is 11.5 Å². The summed E-state index contributed by atoms with van der Waals surface area (Å²) < 4.78 is 10.7. The van der Waals surface area contributed by atoms with Gasteiger partial charge in [-0.05, 0) is 32.9 Å². The van der Waals surface area contributed by atoms with Gasteiger partial charge < -0.3 is 19.6 Å². The van der Waals surface area contributed by atoms with Crippen LogP contribution in [0.15, 0.2) is 16.5 Å². The summed E-state index contributed by atoms with van der Waals surface area (Å²) in [5.74, 6) is 1.79. The summed E-state index contributed by atoms with van der Waals surface area (Å²) >= 11 is 0. The van der Waals surface area contributed by atoms with E-state index < -0.39 is 6.10 Å². The van der Waals surface area contributed by atoms with E-state index in [1.807, 2.05) is 32.9 Å². The third kappa shape index (κ3) is 5.30. The Kier molecular flexibility index (Phi) is 5.52. The van der Waals surface area contributed by atoms with Crippen molar-refractivity contribution >= 4 is 0 Å². The number of aliphatic hydroxyl groups excluding tert-OH is 1. The van der Waals surface area contributed by atoms with Gasteiger partial charge in [-0.2, -0.15) is 0 Å². The van der Waals surface area contributed by atoms with Gasteiger partial charge in [0.2, 0.25) is 0 Å². The molecule has 0 bridgehead atoms. The van der Waals surface area contributed by atoms with Crippen molar-refractivity contribution in [1.29, 1.82) is 0 Å². The van der Waals surface area contributed by atoms with Gasteiger partial charge in [-0.15, -0.1) is 0 Å². The zero-order chi connectivity index (χ0) is 12.0. The van der Waals surface area contributed by atoms with Crippen molar-refractivity contribution in [3.8, 4) is 0 Å². The fourth-order valence-corrected chi connectivity index (χ4v) is 1.30. The fourth-order valence-electron chi connectivity index (χ4n) is 1.30. The number of furan rings is 1. The lowest BCUT2D eigenvalue weighted by Crippen LogP contribution is -2.30. The Balaban J connectivity index is 2.10. The highest BCUT2D eigenvalue weighted by Crippen LogP contribution is 2.05. The Bertz CT molecular complexity index is 296. The molecule has 0 fully saturated rings. The summed E-state index contributed by atoms with van der Waals surface area (Å²) in [5, 5.41) is 12.7. The van der Waals surface area contributed by atoms with Crippen molar-refractivity contribution in [1.82, 2.24) is 5.32 Å². The maximum Gasteiger partial charge on any atom is 0.117 e. The number of aliphatic hydroxyl groups is 1. The predicted octanol–water partition coefficient (Wildman–Crippen LogP) is 1.46. The molecule has 1 heterocycles. The van der Waals surface area contributed by atoms with Gasteiger partial charge >= 0.3 is 0 Å². The normalized spacial score (nSPS) is 13.3. The van der Waals surface area contributed by atoms with Crippen LogP contribution >= 0.6 is 0 Å². The standard InChI is InChI=1S/C12H21NO3/c1-9(2)15-8-11(14)6-13-7-12-5-4-10(3)16-12/h4-5,9,11,13-14H,6-8H2,1-3H3. The Morgan fingerprint density at radius 3 is 2.75 bits per heavy atom. The molecular weight excluding hydrogens is 206 g/mol. The first-order chi connectivity index (χ1) is 7.58. The van der Waals surface area contributed by atoms with E-state index in [0.29, 0.717) is 19.7 Å². The molecule has 0 saturated heterocycles. The molecule has 16 heavy (non-hydrogen) atoms. The van der Waals surface area contributed by atoms with Crippen molar-refractivity contribution in [2.45, 2.75) is 39.5 Å². The minimum absolute atomic E-state index is 0.155. The van der Waals surface area contributed by atoms with Gasteiger partial charge in [-0.1, -0.05) is 0 Å². The van der Waals surface area contributed by atoms with Crippen molar-refractivity contribution < 1.29 is 14.3 Å². The molecule has 4 nitrogen and oxygen atoms in total. The monoisotopic (exact) mass is 227 g/mol. The van der Waals surface area contributed by atoms with Crippen LogP contribution in [-0.4, -0.2) is 30.5 Å². The molecule has 0 aliphatic rings. The van der Waals surface area contributed by atoms with E-state index in [1.165, 1.54) is 0 Å². The molecule has 0 aliphatic heterocycles. The van der Waals surface area contributed by atoms with Crippen molar-refractivity contribution in [2.75, 3.05) is 13.2 Å². The molecule has 4 heteroatoms. The molecule has 0 aromatic carbocycles. The molecule has 2 N–H and O–H groups in total. The number of aryl methyl sites for hydroxylation is 1. The molecule has 1 rings (SSSR count). The highest BCUT2D eigenvalue weighted by atomic mass is 16.5. The molecular formula is C12H21NO3. The molecule has 1 aromatic rings. The maximum absolute atomic E-state index is 9.56. The first kappa shape index (κ1) is 13.2. The largest absolute Gasteiger partial charge is 0.465 e. The summed E-state index contributed by atoms with van der Waals surface area (Å²) in [6, 6.07) is 3.86. The average molecular weight is 227 g/mol. The van der Waals surface area contributed by atoms with Crippen LogP contribution in [0.1, 0.15) is 25.4 Å². The number of ether oxygens (including phenoxy) is 1. The zero-order valence-corrected chi connectivity index (χ0v) is 10.2. The molecule has 1 atom stereocenters.